The number of nitrogens with zero attached hydrogens (tertiary/aromatic N) is 1. The summed E-state index contributed by atoms with van der Waals surface area (Å²) in [6.07, 6.45) is 1.75. The molecule has 0 aromatic heterocycles. The zero-order valence-electron chi connectivity index (χ0n) is 15.7. The van der Waals surface area contributed by atoms with Gasteiger partial charge in [0.25, 0.3) is 0 Å². The normalized spacial score (nSPS) is 10.6. The lowest BCUT2D eigenvalue weighted by Gasteiger charge is -2.11. The van der Waals surface area contributed by atoms with E-state index in [4.69, 9.17) is 18.9 Å². The van der Waals surface area contributed by atoms with Crippen molar-refractivity contribution in [2.24, 2.45) is 5.10 Å². The summed E-state index contributed by atoms with van der Waals surface area (Å²) in [7, 11) is 3.24. The maximum atomic E-state index is 5.62. The van der Waals surface area contributed by atoms with E-state index in [1.54, 1.807) is 20.4 Å². The third-order valence-corrected chi connectivity index (χ3v) is 3.60. The summed E-state index contributed by atoms with van der Waals surface area (Å²) in [6.45, 7) is 5.65. The Hall–Kier alpha value is -2.89. The third kappa shape index (κ3) is 5.31. The molecule has 0 saturated heterocycles. The summed E-state index contributed by atoms with van der Waals surface area (Å²) < 4.78 is 21.7. The van der Waals surface area contributed by atoms with E-state index in [0.29, 0.717) is 31.3 Å². The molecule has 0 saturated carbocycles. The summed E-state index contributed by atoms with van der Waals surface area (Å²) in [6, 6.07) is 11.5. The van der Waals surface area contributed by atoms with Crippen LogP contribution in [-0.2, 0) is 6.54 Å². The minimum absolute atomic E-state index is 0.576. The SMILES string of the molecule is CCOc1ccc(/C=N\NCc2ccc(OC)c(OC)c2)cc1OCC. The van der Waals surface area contributed by atoms with E-state index in [2.05, 4.69) is 10.5 Å². The molecule has 2 aromatic carbocycles. The predicted octanol–water partition coefficient (Wildman–Crippen LogP) is 3.62. The summed E-state index contributed by atoms with van der Waals surface area (Å²) in [5.41, 5.74) is 5.00. The van der Waals surface area contributed by atoms with Crippen LogP contribution >= 0.6 is 0 Å². The molecule has 26 heavy (non-hydrogen) atoms. The van der Waals surface area contributed by atoms with Gasteiger partial charge in [0.2, 0.25) is 0 Å². The molecule has 0 heterocycles. The Kier molecular flexibility index (Phi) is 7.61. The quantitative estimate of drug-likeness (QED) is 0.519. The Morgan fingerprint density at radius 2 is 1.54 bits per heavy atom. The molecule has 6 heteroatoms. The van der Waals surface area contributed by atoms with Gasteiger partial charge in [-0.05, 0) is 55.3 Å². The van der Waals surface area contributed by atoms with Gasteiger partial charge in [0.15, 0.2) is 23.0 Å². The van der Waals surface area contributed by atoms with Gasteiger partial charge in [-0.2, -0.15) is 5.10 Å². The van der Waals surface area contributed by atoms with E-state index >= 15 is 0 Å². The van der Waals surface area contributed by atoms with Crippen LogP contribution in [0.15, 0.2) is 41.5 Å². The number of methoxy groups -OCH3 is 2. The Morgan fingerprint density at radius 3 is 2.23 bits per heavy atom. The lowest BCUT2D eigenvalue weighted by Crippen LogP contribution is -2.06. The predicted molar refractivity (Wildman–Crippen MR) is 103 cm³/mol. The second-order valence-corrected chi connectivity index (χ2v) is 5.35. The number of hydrazone groups is 1. The van der Waals surface area contributed by atoms with E-state index in [0.717, 1.165) is 22.6 Å². The Labute approximate surface area is 154 Å². The molecule has 6 nitrogen and oxygen atoms in total. The number of hydrogen-bond acceptors (Lipinski definition) is 6. The van der Waals surface area contributed by atoms with E-state index in [-0.39, 0.29) is 0 Å². The second-order valence-electron chi connectivity index (χ2n) is 5.35. The van der Waals surface area contributed by atoms with Gasteiger partial charge in [0.05, 0.1) is 40.2 Å². The summed E-state index contributed by atoms with van der Waals surface area (Å²) >= 11 is 0. The maximum absolute atomic E-state index is 5.62. The first-order chi connectivity index (χ1) is 12.7. The maximum Gasteiger partial charge on any atom is 0.161 e. The van der Waals surface area contributed by atoms with Gasteiger partial charge in [-0.3, -0.25) is 0 Å². The van der Waals surface area contributed by atoms with Crippen molar-refractivity contribution in [3.8, 4) is 23.0 Å². The summed E-state index contributed by atoms with van der Waals surface area (Å²) in [5, 5.41) is 4.27. The van der Waals surface area contributed by atoms with Gasteiger partial charge < -0.3 is 24.4 Å². The second kappa shape index (κ2) is 10.2. The van der Waals surface area contributed by atoms with Crippen molar-refractivity contribution in [2.75, 3.05) is 27.4 Å². The van der Waals surface area contributed by atoms with Crippen molar-refractivity contribution in [1.82, 2.24) is 5.43 Å². The molecule has 0 bridgehead atoms. The van der Waals surface area contributed by atoms with Crippen LogP contribution in [0.25, 0.3) is 0 Å². The van der Waals surface area contributed by atoms with Gasteiger partial charge in [-0.25, -0.2) is 0 Å². The van der Waals surface area contributed by atoms with E-state index in [1.165, 1.54) is 0 Å². The fourth-order valence-corrected chi connectivity index (χ4v) is 2.40. The highest BCUT2D eigenvalue weighted by atomic mass is 16.5. The molecule has 2 rings (SSSR count). The van der Waals surface area contributed by atoms with Crippen molar-refractivity contribution >= 4 is 6.21 Å². The highest BCUT2D eigenvalue weighted by Gasteiger charge is 2.05. The number of rotatable bonds is 10. The smallest absolute Gasteiger partial charge is 0.161 e. The lowest BCUT2D eigenvalue weighted by atomic mass is 10.2. The van der Waals surface area contributed by atoms with Crippen molar-refractivity contribution in [3.63, 3.8) is 0 Å². The van der Waals surface area contributed by atoms with Crippen molar-refractivity contribution in [3.05, 3.63) is 47.5 Å². The van der Waals surface area contributed by atoms with Crippen molar-refractivity contribution in [1.29, 1.82) is 0 Å². The Bertz CT molecular complexity index is 732. The number of hydrogen-bond donors (Lipinski definition) is 1. The summed E-state index contributed by atoms with van der Waals surface area (Å²) in [5.74, 6) is 2.87. The molecule has 0 atom stereocenters. The molecule has 0 fully saturated rings. The Morgan fingerprint density at radius 1 is 0.846 bits per heavy atom. The molecule has 2 aromatic rings. The molecule has 0 radical (unpaired) electrons. The highest BCUT2D eigenvalue weighted by Crippen LogP contribution is 2.28. The molecular weight excluding hydrogens is 332 g/mol. The standard InChI is InChI=1S/C20H26N2O4/c1-5-25-18-10-8-16(12-20(18)26-6-2)14-22-21-13-15-7-9-17(23-3)19(11-15)24-4/h7-12,14,21H,5-6,13H2,1-4H3/b22-14-. The van der Waals surface area contributed by atoms with E-state index in [9.17, 15) is 0 Å². The van der Waals surface area contributed by atoms with Gasteiger partial charge in [0.1, 0.15) is 0 Å². The first-order valence-corrected chi connectivity index (χ1v) is 8.58. The molecule has 0 unspecified atom stereocenters. The number of nitrogens with one attached hydrogen (secondary N) is 1. The van der Waals surface area contributed by atoms with Crippen molar-refractivity contribution in [2.45, 2.75) is 20.4 Å². The van der Waals surface area contributed by atoms with Crippen LogP contribution in [0.1, 0.15) is 25.0 Å². The zero-order chi connectivity index (χ0) is 18.8. The molecule has 0 aliphatic carbocycles. The van der Waals surface area contributed by atoms with Crippen LogP contribution in [-0.4, -0.2) is 33.6 Å². The molecule has 1 N–H and O–H groups in total. The van der Waals surface area contributed by atoms with E-state index < -0.39 is 0 Å². The minimum atomic E-state index is 0.576. The van der Waals surface area contributed by atoms with Crippen LogP contribution in [0, 0.1) is 0 Å². The molecule has 0 aliphatic heterocycles. The van der Waals surface area contributed by atoms with Crippen LogP contribution < -0.4 is 24.4 Å². The first kappa shape index (κ1) is 19.4. The minimum Gasteiger partial charge on any atom is -0.493 e. The molecule has 0 spiro atoms. The van der Waals surface area contributed by atoms with Crippen LogP contribution in [0.4, 0.5) is 0 Å². The summed E-state index contributed by atoms with van der Waals surface area (Å²) in [4.78, 5) is 0. The average Bonchev–Trinajstić information content (AvgIpc) is 2.67. The highest BCUT2D eigenvalue weighted by molar-refractivity contribution is 5.80. The van der Waals surface area contributed by atoms with Gasteiger partial charge in [0, 0.05) is 0 Å². The van der Waals surface area contributed by atoms with Gasteiger partial charge in [-0.15, -0.1) is 0 Å². The Balaban J connectivity index is 1.99. The van der Waals surface area contributed by atoms with Crippen LogP contribution in [0.5, 0.6) is 23.0 Å². The zero-order valence-corrected chi connectivity index (χ0v) is 15.7. The number of ether oxygens (including phenoxy) is 4. The van der Waals surface area contributed by atoms with Gasteiger partial charge >= 0.3 is 0 Å². The van der Waals surface area contributed by atoms with Crippen LogP contribution in [0.2, 0.25) is 0 Å². The van der Waals surface area contributed by atoms with E-state index in [1.807, 2.05) is 50.2 Å². The van der Waals surface area contributed by atoms with Gasteiger partial charge in [-0.1, -0.05) is 6.07 Å². The largest absolute Gasteiger partial charge is 0.493 e. The first-order valence-electron chi connectivity index (χ1n) is 8.58. The fraction of sp³-hybridized carbons (Fsp3) is 0.350. The molecule has 140 valence electrons. The van der Waals surface area contributed by atoms with Crippen molar-refractivity contribution < 1.29 is 18.9 Å². The average molecular weight is 358 g/mol. The monoisotopic (exact) mass is 358 g/mol. The molecule has 0 amide bonds. The van der Waals surface area contributed by atoms with Crippen LogP contribution in [0.3, 0.4) is 0 Å². The topological polar surface area (TPSA) is 61.3 Å². The lowest BCUT2D eigenvalue weighted by molar-refractivity contribution is 0.288. The third-order valence-electron chi connectivity index (χ3n) is 3.60. The molecular formula is C20H26N2O4. The molecule has 0 aliphatic rings. The number of benzene rings is 2. The fourth-order valence-electron chi connectivity index (χ4n) is 2.40.